The summed E-state index contributed by atoms with van der Waals surface area (Å²) < 4.78 is 34.0. The lowest BCUT2D eigenvalue weighted by Crippen LogP contribution is -2.57. The van der Waals surface area contributed by atoms with Gasteiger partial charge in [-0.05, 0) is 70.6 Å². The van der Waals surface area contributed by atoms with Gasteiger partial charge in [0.05, 0.1) is 11.8 Å². The van der Waals surface area contributed by atoms with Crippen LogP contribution in [0.3, 0.4) is 0 Å². The highest BCUT2D eigenvalue weighted by atomic mass is 32.2. The first-order chi connectivity index (χ1) is 22.1. The van der Waals surface area contributed by atoms with E-state index >= 15 is 0 Å². The SMILES string of the molecule is C=C(/C=C\C)/C(=C\C)O[C@@H]1C[C@H]2C(=O)N[C@]3(C(=O)NS(=O)(=O)C4CC4)C[C@H]3/C=C\CCCCC[C@H](Nc3ccccc3)C(=O)N2C1. The average molecular weight is 651 g/mol. The van der Waals surface area contributed by atoms with Gasteiger partial charge in [-0.15, -0.1) is 0 Å². The Morgan fingerprint density at radius 1 is 1.11 bits per heavy atom. The Bertz CT molecular complexity index is 1520. The standard InChI is InChI=1S/C35H46N4O6S/c1-4-14-24(3)31(5-2)45-27-21-30-32(40)37-35(34(42)38-46(43,44)28-19-20-28)22-25(35)15-10-7-6-8-13-18-29(33(41)39(30)23-27)36-26-16-11-9-12-17-26/h4-5,9-12,14-17,25,27-30,36H,3,6-8,13,18-23H2,1-2H3,(H,37,40)(H,38,42)/b14-4-,15-10-,31-5+/t25-,27-,29+,30+,35-/m1/s1. The highest BCUT2D eigenvalue weighted by Crippen LogP contribution is 2.46. The molecule has 3 N–H and O–H groups in total. The molecule has 0 bridgehead atoms. The van der Waals surface area contributed by atoms with Crippen molar-refractivity contribution in [1.29, 1.82) is 0 Å². The molecule has 2 aliphatic heterocycles. The second-order valence-electron chi connectivity index (χ2n) is 12.7. The van der Waals surface area contributed by atoms with Crippen molar-refractivity contribution in [2.24, 2.45) is 5.92 Å². The van der Waals surface area contributed by atoms with Gasteiger partial charge in [0.25, 0.3) is 5.91 Å². The van der Waals surface area contributed by atoms with E-state index in [0.717, 1.165) is 31.4 Å². The number of hydrogen-bond donors (Lipinski definition) is 3. The fraction of sp³-hybridized carbons (Fsp3) is 0.514. The molecule has 1 saturated heterocycles. The molecule has 10 nitrogen and oxygen atoms in total. The molecule has 1 aromatic rings. The lowest BCUT2D eigenvalue weighted by atomic mass is 10.0. The zero-order valence-corrected chi connectivity index (χ0v) is 27.6. The molecule has 2 saturated carbocycles. The van der Waals surface area contributed by atoms with Crippen LogP contribution in [0.2, 0.25) is 0 Å². The number of benzene rings is 1. The molecule has 0 radical (unpaired) electrons. The van der Waals surface area contributed by atoms with Crippen molar-refractivity contribution in [1.82, 2.24) is 14.9 Å². The van der Waals surface area contributed by atoms with Crippen LogP contribution in [0.1, 0.15) is 71.6 Å². The van der Waals surface area contributed by atoms with Crippen LogP contribution in [0.25, 0.3) is 0 Å². The van der Waals surface area contributed by atoms with Crippen LogP contribution >= 0.6 is 0 Å². The number of nitrogens with one attached hydrogen (secondary N) is 3. The maximum absolute atomic E-state index is 14.3. The van der Waals surface area contributed by atoms with E-state index < -0.39 is 50.8 Å². The van der Waals surface area contributed by atoms with E-state index in [1.54, 1.807) is 11.0 Å². The Labute approximate surface area is 272 Å². The number of fused-ring (bicyclic) bond motifs is 2. The number of nitrogens with zero attached hydrogens (tertiary/aromatic N) is 1. The summed E-state index contributed by atoms with van der Waals surface area (Å²) >= 11 is 0. The summed E-state index contributed by atoms with van der Waals surface area (Å²) in [6.07, 6.45) is 14.4. The Kier molecular flexibility index (Phi) is 10.4. The summed E-state index contributed by atoms with van der Waals surface area (Å²) in [4.78, 5) is 43.6. The molecule has 248 valence electrons. The van der Waals surface area contributed by atoms with E-state index in [1.807, 2.05) is 68.5 Å². The van der Waals surface area contributed by atoms with Crippen molar-refractivity contribution >= 4 is 33.4 Å². The van der Waals surface area contributed by atoms with Crippen LogP contribution in [0.4, 0.5) is 5.69 Å². The molecular formula is C35H46N4O6S. The van der Waals surface area contributed by atoms with Gasteiger partial charge in [-0.2, -0.15) is 0 Å². The molecule has 0 unspecified atom stereocenters. The number of sulfonamides is 1. The third-order valence-corrected chi connectivity index (χ3v) is 11.0. The molecule has 5 rings (SSSR count). The van der Waals surface area contributed by atoms with Gasteiger partial charge < -0.3 is 20.3 Å². The average Bonchev–Trinajstić information content (AvgIpc) is 3.95. The Morgan fingerprint density at radius 3 is 2.57 bits per heavy atom. The normalized spacial score (nSPS) is 29.9. The lowest BCUT2D eigenvalue weighted by molar-refractivity contribution is -0.140. The van der Waals surface area contributed by atoms with E-state index in [2.05, 4.69) is 21.9 Å². The number of amides is 3. The van der Waals surface area contributed by atoms with Crippen LogP contribution in [0.15, 0.2) is 78.6 Å². The summed E-state index contributed by atoms with van der Waals surface area (Å²) in [5.74, 6) is -1.24. The fourth-order valence-corrected chi connectivity index (χ4v) is 7.74. The summed E-state index contributed by atoms with van der Waals surface area (Å²) in [5.41, 5.74) is 0.0792. The number of rotatable bonds is 9. The van der Waals surface area contributed by atoms with E-state index in [-0.39, 0.29) is 31.2 Å². The monoisotopic (exact) mass is 650 g/mol. The predicted octanol–water partition coefficient (Wildman–Crippen LogP) is 4.49. The molecule has 3 amide bonds. The minimum atomic E-state index is -3.82. The first kappa shape index (κ1) is 33.5. The fourth-order valence-electron chi connectivity index (χ4n) is 6.37. The number of carbonyl (C=O) groups excluding carboxylic acids is 3. The summed E-state index contributed by atoms with van der Waals surface area (Å²) in [7, 11) is -3.82. The van der Waals surface area contributed by atoms with Crippen LogP contribution in [-0.2, 0) is 29.1 Å². The van der Waals surface area contributed by atoms with Crippen molar-refractivity contribution in [2.75, 3.05) is 11.9 Å². The highest BCUT2D eigenvalue weighted by Gasteiger charge is 2.62. The molecule has 0 aromatic heterocycles. The second-order valence-corrected chi connectivity index (χ2v) is 14.7. The molecule has 11 heteroatoms. The van der Waals surface area contributed by atoms with Gasteiger partial charge in [-0.3, -0.25) is 19.1 Å². The predicted molar refractivity (Wildman–Crippen MR) is 178 cm³/mol. The van der Waals surface area contributed by atoms with Crippen LogP contribution in [0.5, 0.6) is 0 Å². The number of carbonyl (C=O) groups is 3. The van der Waals surface area contributed by atoms with Crippen molar-refractivity contribution < 1.29 is 27.5 Å². The molecule has 46 heavy (non-hydrogen) atoms. The van der Waals surface area contributed by atoms with Gasteiger partial charge in [0, 0.05) is 23.6 Å². The van der Waals surface area contributed by atoms with Gasteiger partial charge >= 0.3 is 0 Å². The number of ether oxygens (including phenoxy) is 1. The maximum Gasteiger partial charge on any atom is 0.259 e. The minimum Gasteiger partial charge on any atom is -0.488 e. The first-order valence-electron chi connectivity index (χ1n) is 16.4. The number of allylic oxidation sites excluding steroid dienone is 4. The zero-order chi connectivity index (χ0) is 32.9. The largest absolute Gasteiger partial charge is 0.488 e. The Balaban J connectivity index is 1.44. The Morgan fingerprint density at radius 2 is 1.87 bits per heavy atom. The van der Waals surface area contributed by atoms with E-state index in [1.165, 1.54) is 0 Å². The van der Waals surface area contributed by atoms with Gasteiger partial charge in [-0.25, -0.2) is 8.42 Å². The number of hydrogen-bond acceptors (Lipinski definition) is 7. The minimum absolute atomic E-state index is 0.170. The quantitative estimate of drug-likeness (QED) is 0.204. The van der Waals surface area contributed by atoms with E-state index in [9.17, 15) is 22.8 Å². The lowest BCUT2D eigenvalue weighted by Gasteiger charge is -2.30. The smallest absolute Gasteiger partial charge is 0.259 e. The molecule has 3 fully saturated rings. The van der Waals surface area contributed by atoms with Gasteiger partial charge in [0.2, 0.25) is 21.8 Å². The summed E-state index contributed by atoms with van der Waals surface area (Å²) in [6, 6.07) is 8.02. The molecule has 4 aliphatic rings. The van der Waals surface area contributed by atoms with Crippen LogP contribution in [-0.4, -0.2) is 66.6 Å². The topological polar surface area (TPSA) is 134 Å². The molecule has 2 aliphatic carbocycles. The Hall–Kier alpha value is -3.86. The van der Waals surface area contributed by atoms with Crippen molar-refractivity contribution in [3.63, 3.8) is 0 Å². The molecule has 5 atom stereocenters. The van der Waals surface area contributed by atoms with Gasteiger partial charge in [-0.1, -0.05) is 61.9 Å². The highest BCUT2D eigenvalue weighted by molar-refractivity contribution is 7.91. The first-order valence-corrected chi connectivity index (χ1v) is 17.9. The van der Waals surface area contributed by atoms with Crippen molar-refractivity contribution in [3.05, 3.63) is 78.6 Å². The molecule has 1 aromatic carbocycles. The van der Waals surface area contributed by atoms with Crippen molar-refractivity contribution in [2.45, 2.75) is 101 Å². The summed E-state index contributed by atoms with van der Waals surface area (Å²) in [5, 5.41) is 5.74. The van der Waals surface area contributed by atoms with Crippen LogP contribution < -0.4 is 15.4 Å². The van der Waals surface area contributed by atoms with Crippen molar-refractivity contribution in [3.8, 4) is 0 Å². The third kappa shape index (κ3) is 7.74. The molecule has 0 spiro atoms. The summed E-state index contributed by atoms with van der Waals surface area (Å²) in [6.45, 7) is 7.97. The number of para-hydroxylation sites is 1. The van der Waals surface area contributed by atoms with Gasteiger partial charge in [0.1, 0.15) is 29.5 Å². The number of anilines is 1. The third-order valence-electron chi connectivity index (χ3n) is 9.20. The maximum atomic E-state index is 14.3. The van der Waals surface area contributed by atoms with Crippen LogP contribution in [0, 0.1) is 5.92 Å². The molecule has 2 heterocycles. The van der Waals surface area contributed by atoms with Gasteiger partial charge in [0.15, 0.2) is 0 Å². The zero-order valence-electron chi connectivity index (χ0n) is 26.7. The molecular weight excluding hydrogens is 604 g/mol. The van der Waals surface area contributed by atoms with E-state index in [0.29, 0.717) is 30.6 Å². The second kappa shape index (κ2) is 14.3. The van der Waals surface area contributed by atoms with E-state index in [4.69, 9.17) is 4.74 Å².